The van der Waals surface area contributed by atoms with Crippen molar-refractivity contribution in [2.45, 2.75) is 25.9 Å². The first-order valence-corrected chi connectivity index (χ1v) is 6.93. The highest BCUT2D eigenvalue weighted by Crippen LogP contribution is 2.26. The van der Waals surface area contributed by atoms with Crippen LogP contribution in [0.5, 0.6) is 0 Å². The zero-order valence-corrected chi connectivity index (χ0v) is 13.1. The minimum atomic E-state index is 0.262. The summed E-state index contributed by atoms with van der Waals surface area (Å²) in [6.07, 6.45) is 0. The van der Waals surface area contributed by atoms with Crippen molar-refractivity contribution in [3.63, 3.8) is 0 Å². The third-order valence-corrected chi connectivity index (χ3v) is 3.85. The number of rotatable bonds is 5. The van der Waals surface area contributed by atoms with E-state index in [1.165, 1.54) is 0 Å². The molecule has 17 heavy (non-hydrogen) atoms. The van der Waals surface area contributed by atoms with Crippen molar-refractivity contribution in [1.29, 1.82) is 0 Å². The lowest BCUT2D eigenvalue weighted by Crippen LogP contribution is -2.36. The maximum absolute atomic E-state index is 6.22. The molecule has 1 rings (SSSR count). The van der Waals surface area contributed by atoms with E-state index in [1.807, 2.05) is 12.1 Å². The molecule has 0 fully saturated rings. The number of hydrogen-bond donors (Lipinski definition) is 1. The summed E-state index contributed by atoms with van der Waals surface area (Å²) < 4.78 is 1.01. The number of nitrogens with zero attached hydrogens (tertiary/aromatic N) is 1. The fourth-order valence-corrected chi connectivity index (χ4v) is 2.33. The van der Waals surface area contributed by atoms with Gasteiger partial charge in [0.05, 0.1) is 0 Å². The van der Waals surface area contributed by atoms with E-state index in [4.69, 9.17) is 11.6 Å². The molecule has 2 atom stereocenters. The Morgan fingerprint density at radius 2 is 2.00 bits per heavy atom. The van der Waals surface area contributed by atoms with Crippen LogP contribution < -0.4 is 5.32 Å². The fourth-order valence-electron chi connectivity index (χ4n) is 1.49. The molecule has 0 saturated carbocycles. The zero-order valence-electron chi connectivity index (χ0n) is 10.8. The summed E-state index contributed by atoms with van der Waals surface area (Å²) in [4.78, 5) is 2.20. The Labute approximate surface area is 117 Å². The minimum Gasteiger partial charge on any atom is -0.309 e. The van der Waals surface area contributed by atoms with Gasteiger partial charge >= 0.3 is 0 Å². The Bertz CT molecular complexity index is 368. The fraction of sp³-hybridized carbons (Fsp3) is 0.538. The van der Waals surface area contributed by atoms with Gasteiger partial charge in [-0.2, -0.15) is 0 Å². The number of nitrogens with one attached hydrogen (secondary N) is 1. The number of hydrogen-bond acceptors (Lipinski definition) is 2. The normalized spacial score (nSPS) is 15.0. The van der Waals surface area contributed by atoms with E-state index in [1.54, 1.807) is 0 Å². The summed E-state index contributed by atoms with van der Waals surface area (Å²) in [5.41, 5.74) is 1.14. The van der Waals surface area contributed by atoms with Gasteiger partial charge in [0.15, 0.2) is 0 Å². The van der Waals surface area contributed by atoms with Gasteiger partial charge in [-0.1, -0.05) is 33.6 Å². The van der Waals surface area contributed by atoms with Crippen molar-refractivity contribution in [2.24, 2.45) is 0 Å². The lowest BCUT2D eigenvalue weighted by atomic mass is 10.1. The van der Waals surface area contributed by atoms with Crippen LogP contribution in [0.4, 0.5) is 0 Å². The van der Waals surface area contributed by atoms with Crippen LogP contribution in [-0.4, -0.2) is 31.6 Å². The lowest BCUT2D eigenvalue weighted by Gasteiger charge is -2.23. The van der Waals surface area contributed by atoms with E-state index < -0.39 is 0 Å². The van der Waals surface area contributed by atoms with Crippen LogP contribution in [0, 0.1) is 0 Å². The molecule has 1 N–H and O–H groups in total. The highest BCUT2D eigenvalue weighted by molar-refractivity contribution is 9.10. The van der Waals surface area contributed by atoms with Crippen molar-refractivity contribution in [1.82, 2.24) is 10.2 Å². The van der Waals surface area contributed by atoms with Crippen molar-refractivity contribution in [2.75, 3.05) is 20.6 Å². The zero-order chi connectivity index (χ0) is 13.0. The maximum atomic E-state index is 6.22. The van der Waals surface area contributed by atoms with E-state index in [0.29, 0.717) is 6.04 Å². The predicted octanol–water partition coefficient (Wildman–Crippen LogP) is 3.70. The molecule has 4 heteroatoms. The molecule has 0 aliphatic rings. The largest absolute Gasteiger partial charge is 0.309 e. The Morgan fingerprint density at radius 3 is 2.53 bits per heavy atom. The van der Waals surface area contributed by atoms with Gasteiger partial charge in [0.1, 0.15) is 0 Å². The Morgan fingerprint density at radius 1 is 1.35 bits per heavy atom. The predicted molar refractivity (Wildman–Crippen MR) is 78.7 cm³/mol. The smallest absolute Gasteiger partial charge is 0.0464 e. The molecule has 2 unspecified atom stereocenters. The first kappa shape index (κ1) is 15.0. The van der Waals surface area contributed by atoms with Crippen molar-refractivity contribution < 1.29 is 0 Å². The quantitative estimate of drug-likeness (QED) is 0.890. The van der Waals surface area contributed by atoms with Crippen LogP contribution in [0.1, 0.15) is 25.5 Å². The lowest BCUT2D eigenvalue weighted by molar-refractivity contribution is 0.296. The molecule has 1 aromatic rings. The molecule has 0 radical (unpaired) electrons. The molecule has 0 aliphatic carbocycles. The SMILES string of the molecule is CC(NCC(C)N(C)C)c1ccc(Br)cc1Cl. The van der Waals surface area contributed by atoms with Gasteiger partial charge < -0.3 is 10.2 Å². The molecule has 0 aliphatic heterocycles. The van der Waals surface area contributed by atoms with Crippen molar-refractivity contribution >= 4 is 27.5 Å². The van der Waals surface area contributed by atoms with Gasteiger partial charge in [0, 0.05) is 28.1 Å². The van der Waals surface area contributed by atoms with Gasteiger partial charge in [-0.15, -0.1) is 0 Å². The van der Waals surface area contributed by atoms with Gasteiger partial charge in [0.25, 0.3) is 0 Å². The molecule has 96 valence electrons. The topological polar surface area (TPSA) is 15.3 Å². The third kappa shape index (κ3) is 4.59. The maximum Gasteiger partial charge on any atom is 0.0464 e. The molecule has 2 nitrogen and oxygen atoms in total. The van der Waals surface area contributed by atoms with E-state index in [-0.39, 0.29) is 6.04 Å². The summed E-state index contributed by atoms with van der Waals surface area (Å²) in [6, 6.07) is 6.79. The molecule has 0 bridgehead atoms. The Balaban J connectivity index is 2.61. The minimum absolute atomic E-state index is 0.262. The molecular formula is C13H20BrClN2. The standard InChI is InChI=1S/C13H20BrClN2/c1-9(17(3)4)8-16-10(2)12-6-5-11(14)7-13(12)15/h5-7,9-10,16H,8H2,1-4H3. The second-order valence-corrected chi connectivity index (χ2v) is 5.93. The van der Waals surface area contributed by atoms with Crippen LogP contribution >= 0.6 is 27.5 Å². The second-order valence-electron chi connectivity index (χ2n) is 4.61. The highest BCUT2D eigenvalue weighted by Gasteiger charge is 2.11. The second kappa shape index (κ2) is 6.74. The van der Waals surface area contributed by atoms with Gasteiger partial charge in [-0.3, -0.25) is 0 Å². The Kier molecular flexibility index (Phi) is 5.93. The van der Waals surface area contributed by atoms with Gasteiger partial charge in [-0.25, -0.2) is 0 Å². The van der Waals surface area contributed by atoms with Gasteiger partial charge in [0.2, 0.25) is 0 Å². The van der Waals surface area contributed by atoms with Crippen molar-refractivity contribution in [3.8, 4) is 0 Å². The average molecular weight is 320 g/mol. The van der Waals surface area contributed by atoms with Crippen LogP contribution in [0.25, 0.3) is 0 Å². The third-order valence-electron chi connectivity index (χ3n) is 3.03. The van der Waals surface area contributed by atoms with Crippen LogP contribution in [0.2, 0.25) is 5.02 Å². The summed E-state index contributed by atoms with van der Waals surface area (Å²) in [5, 5.41) is 4.30. The molecule has 0 amide bonds. The molecule has 0 aromatic heterocycles. The number of benzene rings is 1. The van der Waals surface area contributed by atoms with Crippen LogP contribution in [-0.2, 0) is 0 Å². The number of likely N-dealkylation sites (N-methyl/N-ethyl adjacent to an activating group) is 1. The van der Waals surface area contributed by atoms with Crippen molar-refractivity contribution in [3.05, 3.63) is 33.3 Å². The summed E-state index contributed by atoms with van der Waals surface area (Å²) in [5.74, 6) is 0. The molecule has 0 saturated heterocycles. The molecular weight excluding hydrogens is 300 g/mol. The van der Waals surface area contributed by atoms with E-state index in [2.05, 4.69) is 60.2 Å². The molecule has 0 spiro atoms. The highest BCUT2D eigenvalue weighted by atomic mass is 79.9. The Hall–Kier alpha value is -0.0900. The van der Waals surface area contributed by atoms with Crippen LogP contribution in [0.3, 0.4) is 0 Å². The summed E-state index contributed by atoms with van der Waals surface area (Å²) in [6.45, 7) is 5.28. The molecule has 1 aromatic carbocycles. The monoisotopic (exact) mass is 318 g/mol. The van der Waals surface area contributed by atoms with Crippen LogP contribution in [0.15, 0.2) is 22.7 Å². The molecule has 0 heterocycles. The average Bonchev–Trinajstić information content (AvgIpc) is 2.25. The van der Waals surface area contributed by atoms with Gasteiger partial charge in [-0.05, 0) is 45.6 Å². The first-order chi connectivity index (χ1) is 7.91. The first-order valence-electron chi connectivity index (χ1n) is 5.76. The summed E-state index contributed by atoms with van der Waals surface area (Å²) in [7, 11) is 4.17. The number of halogens is 2. The van der Waals surface area contributed by atoms with E-state index in [9.17, 15) is 0 Å². The van der Waals surface area contributed by atoms with E-state index in [0.717, 1.165) is 21.6 Å². The summed E-state index contributed by atoms with van der Waals surface area (Å²) >= 11 is 9.64. The van der Waals surface area contributed by atoms with E-state index >= 15 is 0 Å².